The molecule has 3 aromatic heterocycles. The lowest BCUT2D eigenvalue weighted by molar-refractivity contribution is 0.222. The van der Waals surface area contributed by atoms with E-state index in [4.69, 9.17) is 0 Å². The quantitative estimate of drug-likeness (QED) is 0.475. The fraction of sp³-hybridized carbons (Fsp3) is 0.273. The highest BCUT2D eigenvalue weighted by Gasteiger charge is 2.28. The summed E-state index contributed by atoms with van der Waals surface area (Å²) in [5, 5.41) is 14.4. The van der Waals surface area contributed by atoms with Crippen LogP contribution in [0.1, 0.15) is 5.01 Å². The molecular formula is C22H23N5O3S2. The molecular weight excluding hydrogens is 446 g/mol. The molecule has 0 unspecified atom stereocenters. The van der Waals surface area contributed by atoms with Crippen molar-refractivity contribution >= 4 is 32.3 Å². The number of hydrogen-bond donors (Lipinski definition) is 2. The lowest BCUT2D eigenvalue weighted by Crippen LogP contribution is -2.47. The molecule has 0 atom stereocenters. The van der Waals surface area contributed by atoms with Crippen molar-refractivity contribution in [1.29, 1.82) is 0 Å². The molecule has 1 saturated heterocycles. The maximum absolute atomic E-state index is 13.0. The average Bonchev–Trinajstić information content (AvgIpc) is 3.36. The van der Waals surface area contributed by atoms with Gasteiger partial charge < -0.3 is 15.0 Å². The highest BCUT2D eigenvalue weighted by atomic mass is 32.2. The van der Waals surface area contributed by atoms with Crippen LogP contribution in [0.2, 0.25) is 0 Å². The SMILES string of the molecule is Cc1nc(-c2ccc3[nH]c(O)c(-c4ccc(S(=O)(=O)N5CCN(C)CC5)cn4)c3c2)cs1. The van der Waals surface area contributed by atoms with Crippen molar-refractivity contribution in [3.8, 4) is 28.4 Å². The number of benzene rings is 1. The molecule has 0 aliphatic carbocycles. The number of likely N-dealkylation sites (N-methyl/N-ethyl adjacent to an activating group) is 1. The molecule has 166 valence electrons. The van der Waals surface area contributed by atoms with Gasteiger partial charge in [-0.15, -0.1) is 11.3 Å². The number of aromatic amines is 1. The zero-order chi connectivity index (χ0) is 22.5. The first-order chi connectivity index (χ1) is 15.3. The summed E-state index contributed by atoms with van der Waals surface area (Å²) in [7, 11) is -1.62. The molecule has 0 bridgehead atoms. The Morgan fingerprint density at radius 2 is 1.88 bits per heavy atom. The van der Waals surface area contributed by atoms with Crippen molar-refractivity contribution in [3.63, 3.8) is 0 Å². The van der Waals surface area contributed by atoms with Gasteiger partial charge in [0.2, 0.25) is 10.0 Å². The van der Waals surface area contributed by atoms with Gasteiger partial charge in [-0.2, -0.15) is 4.31 Å². The van der Waals surface area contributed by atoms with Crippen LogP contribution in [0.4, 0.5) is 0 Å². The van der Waals surface area contributed by atoms with Gasteiger partial charge in [0.15, 0.2) is 5.88 Å². The Labute approximate surface area is 190 Å². The average molecular weight is 470 g/mol. The van der Waals surface area contributed by atoms with Crippen LogP contribution < -0.4 is 0 Å². The first-order valence-electron chi connectivity index (χ1n) is 10.3. The van der Waals surface area contributed by atoms with Crippen LogP contribution in [0.25, 0.3) is 33.4 Å². The monoisotopic (exact) mass is 469 g/mol. The smallest absolute Gasteiger partial charge is 0.244 e. The predicted octanol–water partition coefficient (Wildman–Crippen LogP) is 3.30. The van der Waals surface area contributed by atoms with Crippen LogP contribution in [0.15, 0.2) is 46.8 Å². The molecule has 2 N–H and O–H groups in total. The maximum Gasteiger partial charge on any atom is 0.244 e. The number of hydrogen-bond acceptors (Lipinski definition) is 7. The van der Waals surface area contributed by atoms with Gasteiger partial charge in [-0.3, -0.25) is 4.98 Å². The second-order valence-electron chi connectivity index (χ2n) is 7.95. The van der Waals surface area contributed by atoms with E-state index in [0.29, 0.717) is 37.4 Å². The number of thiazole rings is 1. The van der Waals surface area contributed by atoms with Gasteiger partial charge in [0.05, 0.1) is 22.0 Å². The minimum Gasteiger partial charge on any atom is -0.494 e. The lowest BCUT2D eigenvalue weighted by Gasteiger charge is -2.31. The third kappa shape index (κ3) is 3.69. The van der Waals surface area contributed by atoms with Crippen molar-refractivity contribution in [2.24, 2.45) is 0 Å². The molecule has 5 rings (SSSR count). The molecule has 1 fully saturated rings. The van der Waals surface area contributed by atoms with Crippen molar-refractivity contribution in [3.05, 3.63) is 46.9 Å². The largest absolute Gasteiger partial charge is 0.494 e. The van der Waals surface area contributed by atoms with Crippen LogP contribution in [0, 0.1) is 6.92 Å². The van der Waals surface area contributed by atoms with E-state index in [9.17, 15) is 13.5 Å². The summed E-state index contributed by atoms with van der Waals surface area (Å²) in [6.45, 7) is 4.29. The summed E-state index contributed by atoms with van der Waals surface area (Å²) < 4.78 is 27.5. The minimum atomic E-state index is -3.60. The van der Waals surface area contributed by atoms with E-state index < -0.39 is 10.0 Å². The van der Waals surface area contributed by atoms with E-state index in [1.807, 2.05) is 37.6 Å². The Hall–Kier alpha value is -2.79. The van der Waals surface area contributed by atoms with Gasteiger partial charge in [0, 0.05) is 54.2 Å². The Bertz CT molecular complexity index is 1380. The number of H-pyrrole nitrogens is 1. The summed E-state index contributed by atoms with van der Waals surface area (Å²) in [6, 6.07) is 9.02. The molecule has 1 aliphatic heterocycles. The molecule has 0 saturated carbocycles. The number of sulfonamides is 1. The van der Waals surface area contributed by atoms with Gasteiger partial charge in [-0.05, 0) is 38.2 Å². The summed E-state index contributed by atoms with van der Waals surface area (Å²) in [6.07, 6.45) is 1.37. The Kier molecular flexibility index (Phi) is 5.25. The lowest BCUT2D eigenvalue weighted by atomic mass is 10.1. The standard InChI is InChI=1S/C22H23N5O3S2/c1-14-24-20(13-31-14)15-3-5-18-17(11-15)21(22(28)25-18)19-6-4-16(12-23-19)32(29,30)27-9-7-26(2)8-10-27/h3-6,11-13,25,28H,7-10H2,1-2H3. The molecule has 32 heavy (non-hydrogen) atoms. The van der Waals surface area contributed by atoms with Crippen molar-refractivity contribution in [2.75, 3.05) is 33.2 Å². The van der Waals surface area contributed by atoms with E-state index in [1.54, 1.807) is 23.5 Å². The fourth-order valence-corrected chi connectivity index (χ4v) is 5.94. The maximum atomic E-state index is 13.0. The van der Waals surface area contributed by atoms with Gasteiger partial charge in [-0.1, -0.05) is 6.07 Å². The highest BCUT2D eigenvalue weighted by molar-refractivity contribution is 7.89. The molecule has 0 radical (unpaired) electrons. The van der Waals surface area contributed by atoms with Crippen LogP contribution in [-0.4, -0.2) is 70.9 Å². The topological polar surface area (TPSA) is 102 Å². The van der Waals surface area contributed by atoms with Crippen molar-refractivity contribution in [1.82, 2.24) is 24.2 Å². The van der Waals surface area contributed by atoms with Crippen molar-refractivity contribution < 1.29 is 13.5 Å². The predicted molar refractivity (Wildman–Crippen MR) is 125 cm³/mol. The van der Waals surface area contributed by atoms with E-state index >= 15 is 0 Å². The van der Waals surface area contributed by atoms with Crippen LogP contribution in [0.3, 0.4) is 0 Å². The first kappa shape index (κ1) is 21.1. The number of aromatic hydroxyl groups is 1. The van der Waals surface area contributed by atoms with Crippen LogP contribution >= 0.6 is 11.3 Å². The first-order valence-corrected chi connectivity index (χ1v) is 12.6. The second kappa shape index (κ2) is 7.96. The van der Waals surface area contributed by atoms with Gasteiger partial charge in [0.1, 0.15) is 4.90 Å². The van der Waals surface area contributed by atoms with Crippen LogP contribution in [-0.2, 0) is 10.0 Å². The molecule has 4 aromatic rings. The van der Waals surface area contributed by atoms with E-state index in [0.717, 1.165) is 27.2 Å². The number of aromatic nitrogens is 3. The Balaban J connectivity index is 1.51. The van der Waals surface area contributed by atoms with E-state index in [1.165, 1.54) is 10.5 Å². The van der Waals surface area contributed by atoms with Crippen molar-refractivity contribution in [2.45, 2.75) is 11.8 Å². The third-order valence-corrected chi connectivity index (χ3v) is 8.44. The number of piperazine rings is 1. The summed E-state index contributed by atoms with van der Waals surface area (Å²) >= 11 is 1.58. The normalized spacial score (nSPS) is 16.1. The molecule has 0 amide bonds. The van der Waals surface area contributed by atoms with E-state index in [2.05, 4.69) is 19.9 Å². The molecule has 0 spiro atoms. The molecule has 10 heteroatoms. The number of nitrogens with one attached hydrogen (secondary N) is 1. The second-order valence-corrected chi connectivity index (χ2v) is 10.9. The number of pyridine rings is 1. The van der Waals surface area contributed by atoms with Gasteiger partial charge in [0.25, 0.3) is 0 Å². The summed E-state index contributed by atoms with van der Waals surface area (Å²) in [5.41, 5.74) is 3.62. The Morgan fingerprint density at radius 3 is 2.53 bits per heavy atom. The van der Waals surface area contributed by atoms with Gasteiger partial charge in [-0.25, -0.2) is 13.4 Å². The highest BCUT2D eigenvalue weighted by Crippen LogP contribution is 2.38. The Morgan fingerprint density at radius 1 is 1.09 bits per heavy atom. The number of aryl methyl sites for hydroxylation is 1. The number of fused-ring (bicyclic) bond motifs is 1. The zero-order valence-electron chi connectivity index (χ0n) is 17.7. The molecule has 1 aliphatic rings. The summed E-state index contributed by atoms with van der Waals surface area (Å²) in [5.74, 6) is -0.00576. The van der Waals surface area contributed by atoms with Gasteiger partial charge >= 0.3 is 0 Å². The number of rotatable bonds is 4. The molecule has 8 nitrogen and oxygen atoms in total. The zero-order valence-corrected chi connectivity index (χ0v) is 19.4. The minimum absolute atomic E-state index is 0.00576. The fourth-order valence-electron chi connectivity index (χ4n) is 3.95. The molecule has 4 heterocycles. The summed E-state index contributed by atoms with van der Waals surface area (Å²) in [4.78, 5) is 14.2. The third-order valence-electron chi connectivity index (χ3n) is 5.79. The van der Waals surface area contributed by atoms with Crippen LogP contribution in [0.5, 0.6) is 5.88 Å². The number of nitrogens with zero attached hydrogens (tertiary/aromatic N) is 4. The van der Waals surface area contributed by atoms with E-state index in [-0.39, 0.29) is 10.8 Å². The molecule has 1 aromatic carbocycles.